The second kappa shape index (κ2) is 4.67. The monoisotopic (exact) mass is 267 g/mol. The molecule has 2 rings (SSSR count). The van der Waals surface area contributed by atoms with Crippen LogP contribution in [0, 0.1) is 12.3 Å². The highest BCUT2D eigenvalue weighted by Gasteiger charge is 2.33. The normalized spacial score (nSPS) is 23.2. The van der Waals surface area contributed by atoms with Gasteiger partial charge < -0.3 is 0 Å². The summed E-state index contributed by atoms with van der Waals surface area (Å²) in [5.74, 6) is 0. The van der Waals surface area contributed by atoms with E-state index in [9.17, 15) is 8.42 Å². The van der Waals surface area contributed by atoms with E-state index >= 15 is 0 Å². The van der Waals surface area contributed by atoms with Gasteiger partial charge in [0, 0.05) is 6.04 Å². The first-order valence-electron chi connectivity index (χ1n) is 6.38. The first kappa shape index (κ1) is 13.6. The summed E-state index contributed by atoms with van der Waals surface area (Å²) in [5, 5.41) is 0. The molecule has 1 aliphatic rings. The Morgan fingerprint density at radius 3 is 2.50 bits per heavy atom. The van der Waals surface area contributed by atoms with E-state index < -0.39 is 10.0 Å². The van der Waals surface area contributed by atoms with Gasteiger partial charge in [-0.25, -0.2) is 13.1 Å². The lowest BCUT2D eigenvalue weighted by Gasteiger charge is -2.18. The Kier molecular flexibility index (Phi) is 3.52. The summed E-state index contributed by atoms with van der Waals surface area (Å²) in [6, 6.07) is 7.18. The van der Waals surface area contributed by atoms with Gasteiger partial charge in [-0.1, -0.05) is 32.0 Å². The van der Waals surface area contributed by atoms with Crippen molar-refractivity contribution in [2.45, 2.75) is 51.0 Å². The molecule has 0 heterocycles. The van der Waals surface area contributed by atoms with Crippen molar-refractivity contribution in [3.8, 4) is 0 Å². The van der Waals surface area contributed by atoms with Gasteiger partial charge in [0.15, 0.2) is 0 Å². The minimum Gasteiger partial charge on any atom is -0.208 e. The maximum atomic E-state index is 12.3. The van der Waals surface area contributed by atoms with Gasteiger partial charge in [0.1, 0.15) is 0 Å². The number of hydrogen-bond acceptors (Lipinski definition) is 2. The zero-order valence-electron chi connectivity index (χ0n) is 11.2. The van der Waals surface area contributed by atoms with Crippen LogP contribution in [0.5, 0.6) is 0 Å². The molecule has 4 heteroatoms. The summed E-state index contributed by atoms with van der Waals surface area (Å²) in [6.45, 7) is 6.21. The van der Waals surface area contributed by atoms with Crippen molar-refractivity contribution in [2.24, 2.45) is 5.41 Å². The molecule has 1 fully saturated rings. The molecule has 1 atom stereocenters. The van der Waals surface area contributed by atoms with Crippen molar-refractivity contribution in [1.82, 2.24) is 4.72 Å². The third kappa shape index (κ3) is 2.93. The van der Waals surface area contributed by atoms with E-state index in [1.165, 1.54) is 0 Å². The van der Waals surface area contributed by atoms with Crippen LogP contribution >= 0.6 is 0 Å². The maximum absolute atomic E-state index is 12.3. The lowest BCUT2D eigenvalue weighted by molar-refractivity contribution is 0.372. The van der Waals surface area contributed by atoms with Crippen LogP contribution in [0.25, 0.3) is 0 Å². The first-order chi connectivity index (χ1) is 8.30. The van der Waals surface area contributed by atoms with Gasteiger partial charge >= 0.3 is 0 Å². The summed E-state index contributed by atoms with van der Waals surface area (Å²) < 4.78 is 27.5. The van der Waals surface area contributed by atoms with Gasteiger partial charge in [-0.05, 0) is 43.2 Å². The van der Waals surface area contributed by atoms with Gasteiger partial charge in [-0.15, -0.1) is 0 Å². The molecule has 0 saturated heterocycles. The van der Waals surface area contributed by atoms with E-state index in [1.54, 1.807) is 12.1 Å². The zero-order valence-corrected chi connectivity index (χ0v) is 12.0. The average Bonchev–Trinajstić information content (AvgIpc) is 2.57. The van der Waals surface area contributed by atoms with Gasteiger partial charge in [0.05, 0.1) is 4.90 Å². The van der Waals surface area contributed by atoms with Crippen LogP contribution in [0.1, 0.15) is 38.7 Å². The third-order valence-electron chi connectivity index (χ3n) is 3.67. The van der Waals surface area contributed by atoms with E-state index in [2.05, 4.69) is 18.6 Å². The van der Waals surface area contributed by atoms with Crippen molar-refractivity contribution < 1.29 is 8.42 Å². The smallest absolute Gasteiger partial charge is 0.208 e. The molecule has 1 N–H and O–H groups in total. The molecule has 1 aliphatic carbocycles. The van der Waals surface area contributed by atoms with Crippen LogP contribution in [0.15, 0.2) is 29.2 Å². The summed E-state index contributed by atoms with van der Waals surface area (Å²) in [5.41, 5.74) is 1.04. The maximum Gasteiger partial charge on any atom is 0.241 e. The SMILES string of the molecule is Cc1ccccc1S(=O)(=O)NC1CCC(C)(C)C1. The summed E-state index contributed by atoms with van der Waals surface area (Å²) in [4.78, 5) is 0.398. The molecule has 100 valence electrons. The number of rotatable bonds is 3. The van der Waals surface area contributed by atoms with E-state index in [0.29, 0.717) is 4.90 Å². The topological polar surface area (TPSA) is 46.2 Å². The van der Waals surface area contributed by atoms with E-state index in [-0.39, 0.29) is 11.5 Å². The van der Waals surface area contributed by atoms with Crippen molar-refractivity contribution in [3.05, 3.63) is 29.8 Å². The Bertz CT molecular complexity index is 534. The molecule has 0 aromatic heterocycles. The van der Waals surface area contributed by atoms with Crippen LogP contribution in [0.2, 0.25) is 0 Å². The molecule has 0 aliphatic heterocycles. The molecule has 1 unspecified atom stereocenters. The molecule has 0 radical (unpaired) electrons. The van der Waals surface area contributed by atoms with Crippen LogP contribution < -0.4 is 4.72 Å². The van der Waals surface area contributed by atoms with Gasteiger partial charge in [-0.3, -0.25) is 0 Å². The first-order valence-corrected chi connectivity index (χ1v) is 7.86. The van der Waals surface area contributed by atoms with Crippen LogP contribution in [0.4, 0.5) is 0 Å². The second-order valence-electron chi connectivity index (χ2n) is 5.99. The Morgan fingerprint density at radius 1 is 1.28 bits per heavy atom. The number of nitrogens with one attached hydrogen (secondary N) is 1. The Hall–Kier alpha value is -0.870. The highest BCUT2D eigenvalue weighted by atomic mass is 32.2. The van der Waals surface area contributed by atoms with Crippen molar-refractivity contribution >= 4 is 10.0 Å². The van der Waals surface area contributed by atoms with Gasteiger partial charge in [0.25, 0.3) is 0 Å². The van der Waals surface area contributed by atoms with E-state index in [1.807, 2.05) is 19.1 Å². The predicted molar refractivity (Wildman–Crippen MR) is 72.9 cm³/mol. The lowest BCUT2D eigenvalue weighted by atomic mass is 9.92. The lowest BCUT2D eigenvalue weighted by Crippen LogP contribution is -2.33. The summed E-state index contributed by atoms with van der Waals surface area (Å²) in [7, 11) is -3.37. The highest BCUT2D eigenvalue weighted by molar-refractivity contribution is 7.89. The predicted octanol–water partition coefficient (Wildman–Crippen LogP) is 2.85. The minimum absolute atomic E-state index is 0.0737. The number of hydrogen-bond donors (Lipinski definition) is 1. The van der Waals surface area contributed by atoms with Crippen LogP contribution in [-0.4, -0.2) is 14.5 Å². The zero-order chi connectivity index (χ0) is 13.4. The number of sulfonamides is 1. The van der Waals surface area contributed by atoms with E-state index in [4.69, 9.17) is 0 Å². The molecule has 1 aromatic carbocycles. The van der Waals surface area contributed by atoms with Crippen molar-refractivity contribution in [2.75, 3.05) is 0 Å². The number of aryl methyl sites for hydroxylation is 1. The molecule has 0 amide bonds. The number of benzene rings is 1. The minimum atomic E-state index is -3.37. The Labute approximate surface area is 110 Å². The average molecular weight is 267 g/mol. The fraction of sp³-hybridized carbons (Fsp3) is 0.571. The summed E-state index contributed by atoms with van der Waals surface area (Å²) in [6.07, 6.45) is 2.92. The molecule has 18 heavy (non-hydrogen) atoms. The molecule has 1 saturated carbocycles. The molecule has 1 aromatic rings. The fourth-order valence-electron chi connectivity index (χ4n) is 2.68. The van der Waals surface area contributed by atoms with Crippen molar-refractivity contribution in [1.29, 1.82) is 0 Å². The Balaban J connectivity index is 2.17. The standard InChI is InChI=1S/C14H21NO2S/c1-11-6-4-5-7-13(11)18(16,17)15-12-8-9-14(2,3)10-12/h4-7,12,15H,8-10H2,1-3H3. The molecule has 0 spiro atoms. The fourth-order valence-corrected chi connectivity index (χ4v) is 4.19. The summed E-state index contributed by atoms with van der Waals surface area (Å²) >= 11 is 0. The highest BCUT2D eigenvalue weighted by Crippen LogP contribution is 2.37. The molecular formula is C14H21NO2S. The third-order valence-corrected chi connectivity index (χ3v) is 5.35. The van der Waals surface area contributed by atoms with Crippen molar-refractivity contribution in [3.63, 3.8) is 0 Å². The molecule has 3 nitrogen and oxygen atoms in total. The quantitative estimate of drug-likeness (QED) is 0.915. The van der Waals surface area contributed by atoms with Crippen LogP contribution in [0.3, 0.4) is 0 Å². The molecular weight excluding hydrogens is 246 g/mol. The Morgan fingerprint density at radius 2 is 1.94 bits per heavy atom. The molecule has 0 bridgehead atoms. The second-order valence-corrected chi connectivity index (χ2v) is 7.67. The van der Waals surface area contributed by atoms with Gasteiger partial charge in [-0.2, -0.15) is 0 Å². The van der Waals surface area contributed by atoms with Crippen LogP contribution in [-0.2, 0) is 10.0 Å². The largest absolute Gasteiger partial charge is 0.241 e. The van der Waals surface area contributed by atoms with E-state index in [0.717, 1.165) is 24.8 Å². The van der Waals surface area contributed by atoms with Gasteiger partial charge in [0.2, 0.25) is 10.0 Å².